The number of nitrogens with zero attached hydrogens (tertiary/aromatic N) is 2. The largest absolute Gasteiger partial charge is 0.497 e. The lowest BCUT2D eigenvalue weighted by Crippen LogP contribution is -2.48. The van der Waals surface area contributed by atoms with Crippen molar-refractivity contribution in [2.45, 2.75) is 25.6 Å². The van der Waals surface area contributed by atoms with Gasteiger partial charge in [0.05, 0.1) is 26.4 Å². The number of piperazine rings is 1. The van der Waals surface area contributed by atoms with Crippen LogP contribution in [0.4, 0.5) is 0 Å². The predicted molar refractivity (Wildman–Crippen MR) is 139 cm³/mol. The van der Waals surface area contributed by atoms with Gasteiger partial charge >= 0.3 is 0 Å². The third-order valence-electron chi connectivity index (χ3n) is 6.54. The smallest absolute Gasteiger partial charge is 0.123 e. The number of aryl methyl sites for hydroxylation is 1. The first-order valence-corrected chi connectivity index (χ1v) is 11.6. The third kappa shape index (κ3) is 6.10. The molecule has 1 aliphatic heterocycles. The topological polar surface area (TPSA) is 45.2 Å². The van der Waals surface area contributed by atoms with E-state index in [0.29, 0.717) is 0 Å². The highest BCUT2D eigenvalue weighted by atomic mass is 35.5. The zero-order chi connectivity index (χ0) is 23.2. The van der Waals surface area contributed by atoms with Crippen molar-refractivity contribution in [1.29, 1.82) is 0 Å². The average molecular weight is 483 g/mol. The van der Waals surface area contributed by atoms with E-state index in [1.165, 1.54) is 11.1 Å². The van der Waals surface area contributed by atoms with Gasteiger partial charge in [-0.2, -0.15) is 0 Å². The Hall–Kier alpha value is -2.57. The molecule has 1 aliphatic rings. The molecule has 0 aromatic heterocycles. The summed E-state index contributed by atoms with van der Waals surface area (Å²) < 4.78 is 11.0. The molecule has 1 saturated heterocycles. The first kappa shape index (κ1) is 26.0. The number of halogens is 1. The molecule has 2 unspecified atom stereocenters. The maximum atomic E-state index is 11.5. The number of rotatable bonds is 8. The Morgan fingerprint density at radius 1 is 0.824 bits per heavy atom. The van der Waals surface area contributed by atoms with Crippen LogP contribution < -0.4 is 9.47 Å². The van der Waals surface area contributed by atoms with Crippen LogP contribution in [0.2, 0.25) is 0 Å². The molecule has 3 aromatic carbocycles. The van der Waals surface area contributed by atoms with Gasteiger partial charge in [0.2, 0.25) is 0 Å². The fraction of sp³-hybridized carbons (Fsp3) is 0.357. The molecule has 6 heteroatoms. The first-order chi connectivity index (χ1) is 16.1. The van der Waals surface area contributed by atoms with E-state index in [4.69, 9.17) is 9.47 Å². The summed E-state index contributed by atoms with van der Waals surface area (Å²) in [6.07, 6.45) is -0.643. The second-order valence-corrected chi connectivity index (χ2v) is 8.70. The Balaban J connectivity index is 0.00000324. The first-order valence-electron chi connectivity index (χ1n) is 11.6. The molecule has 182 valence electrons. The van der Waals surface area contributed by atoms with Gasteiger partial charge < -0.3 is 14.6 Å². The molecule has 1 heterocycles. The zero-order valence-electron chi connectivity index (χ0n) is 20.2. The molecule has 3 aromatic rings. The molecule has 0 saturated carbocycles. The number of hydrogen-bond donors (Lipinski definition) is 1. The Labute approximate surface area is 209 Å². The zero-order valence-corrected chi connectivity index (χ0v) is 21.0. The van der Waals surface area contributed by atoms with Crippen LogP contribution in [0.5, 0.6) is 11.5 Å². The SMILES string of the molecule is COc1ccc(CN2CCN(C(c3ccccc3OC)C(O)c3ccc(C)cc3)CC2)cc1.Cl. The Bertz CT molecular complexity index is 1020. The van der Waals surface area contributed by atoms with E-state index in [2.05, 4.69) is 47.1 Å². The molecule has 4 rings (SSSR count). The van der Waals surface area contributed by atoms with Gasteiger partial charge in [0.1, 0.15) is 11.5 Å². The highest BCUT2D eigenvalue weighted by Crippen LogP contribution is 2.39. The van der Waals surface area contributed by atoms with Crippen LogP contribution in [-0.4, -0.2) is 55.3 Å². The molecule has 0 radical (unpaired) electrons. The number of aliphatic hydroxyl groups excluding tert-OH is 1. The fourth-order valence-corrected chi connectivity index (χ4v) is 4.61. The maximum absolute atomic E-state index is 11.5. The van der Waals surface area contributed by atoms with Crippen molar-refractivity contribution < 1.29 is 14.6 Å². The molecule has 2 atom stereocenters. The van der Waals surface area contributed by atoms with Crippen molar-refractivity contribution >= 4 is 12.4 Å². The van der Waals surface area contributed by atoms with Gasteiger partial charge in [-0.05, 0) is 36.2 Å². The molecular weight excluding hydrogens is 448 g/mol. The van der Waals surface area contributed by atoms with E-state index >= 15 is 0 Å². The van der Waals surface area contributed by atoms with E-state index < -0.39 is 6.10 Å². The average Bonchev–Trinajstić information content (AvgIpc) is 2.86. The lowest BCUT2D eigenvalue weighted by atomic mass is 9.92. The van der Waals surface area contributed by atoms with Crippen LogP contribution >= 0.6 is 12.4 Å². The quantitative estimate of drug-likeness (QED) is 0.488. The fourth-order valence-electron chi connectivity index (χ4n) is 4.61. The summed E-state index contributed by atoms with van der Waals surface area (Å²) in [6, 6.07) is 24.3. The lowest BCUT2D eigenvalue weighted by molar-refractivity contribution is 0.0138. The van der Waals surface area contributed by atoms with Crippen molar-refractivity contribution in [3.63, 3.8) is 0 Å². The molecule has 1 fully saturated rings. The van der Waals surface area contributed by atoms with E-state index in [0.717, 1.165) is 55.3 Å². The summed E-state index contributed by atoms with van der Waals surface area (Å²) in [5, 5.41) is 11.5. The van der Waals surface area contributed by atoms with Crippen LogP contribution in [0.25, 0.3) is 0 Å². The molecule has 0 aliphatic carbocycles. The molecule has 1 N–H and O–H groups in total. The minimum absolute atomic E-state index is 0. The van der Waals surface area contributed by atoms with Crippen LogP contribution in [0.15, 0.2) is 72.8 Å². The monoisotopic (exact) mass is 482 g/mol. The van der Waals surface area contributed by atoms with Crippen molar-refractivity contribution in [3.05, 3.63) is 95.1 Å². The summed E-state index contributed by atoms with van der Waals surface area (Å²) in [5.74, 6) is 1.70. The standard InChI is InChI=1S/C28H34N2O3.ClH/c1-21-8-12-23(13-9-21)28(31)27(25-6-4-5-7-26(25)33-3)30-18-16-29(17-19-30)20-22-10-14-24(32-2)15-11-22;/h4-15,27-28,31H,16-20H2,1-3H3;1H. The number of benzene rings is 3. The van der Waals surface area contributed by atoms with Gasteiger partial charge in [-0.3, -0.25) is 9.80 Å². The number of aliphatic hydroxyl groups is 1. The maximum Gasteiger partial charge on any atom is 0.123 e. The summed E-state index contributed by atoms with van der Waals surface area (Å²) in [5.41, 5.74) is 4.42. The number of ether oxygens (including phenoxy) is 2. The van der Waals surface area contributed by atoms with Gasteiger partial charge in [0, 0.05) is 38.3 Å². The highest BCUT2D eigenvalue weighted by molar-refractivity contribution is 5.85. The van der Waals surface area contributed by atoms with Crippen molar-refractivity contribution in [2.24, 2.45) is 0 Å². The van der Waals surface area contributed by atoms with Crippen LogP contribution in [0.1, 0.15) is 34.4 Å². The molecule has 0 amide bonds. The Morgan fingerprint density at radius 2 is 1.47 bits per heavy atom. The summed E-state index contributed by atoms with van der Waals surface area (Å²) in [7, 11) is 3.39. The summed E-state index contributed by atoms with van der Waals surface area (Å²) in [6.45, 7) is 6.62. The van der Waals surface area contributed by atoms with Gasteiger partial charge in [0.25, 0.3) is 0 Å². The van der Waals surface area contributed by atoms with E-state index in [9.17, 15) is 5.11 Å². The predicted octanol–water partition coefficient (Wildman–Crippen LogP) is 5.03. The minimum Gasteiger partial charge on any atom is -0.497 e. The Morgan fingerprint density at radius 3 is 2.09 bits per heavy atom. The minimum atomic E-state index is -0.643. The molecule has 34 heavy (non-hydrogen) atoms. The second-order valence-electron chi connectivity index (χ2n) is 8.70. The molecule has 0 bridgehead atoms. The van der Waals surface area contributed by atoms with Crippen molar-refractivity contribution in [3.8, 4) is 11.5 Å². The Kier molecular flexibility index (Phi) is 9.36. The van der Waals surface area contributed by atoms with Crippen LogP contribution in [0, 0.1) is 6.92 Å². The van der Waals surface area contributed by atoms with E-state index in [-0.39, 0.29) is 18.4 Å². The molecular formula is C28H35ClN2O3. The number of para-hydroxylation sites is 1. The van der Waals surface area contributed by atoms with Gasteiger partial charge in [-0.1, -0.05) is 60.2 Å². The number of hydrogen-bond acceptors (Lipinski definition) is 5. The molecule has 0 spiro atoms. The van der Waals surface area contributed by atoms with Crippen LogP contribution in [-0.2, 0) is 6.54 Å². The van der Waals surface area contributed by atoms with Gasteiger partial charge in [-0.25, -0.2) is 0 Å². The summed E-state index contributed by atoms with van der Waals surface area (Å²) >= 11 is 0. The normalized spacial score (nSPS) is 16.4. The van der Waals surface area contributed by atoms with Crippen molar-refractivity contribution in [1.82, 2.24) is 9.80 Å². The van der Waals surface area contributed by atoms with E-state index in [1.54, 1.807) is 14.2 Å². The van der Waals surface area contributed by atoms with Gasteiger partial charge in [-0.15, -0.1) is 12.4 Å². The second kappa shape index (κ2) is 12.2. The third-order valence-corrected chi connectivity index (χ3v) is 6.54. The number of methoxy groups -OCH3 is 2. The van der Waals surface area contributed by atoms with E-state index in [1.807, 2.05) is 42.5 Å². The van der Waals surface area contributed by atoms with Crippen LogP contribution in [0.3, 0.4) is 0 Å². The van der Waals surface area contributed by atoms with Crippen molar-refractivity contribution in [2.75, 3.05) is 40.4 Å². The van der Waals surface area contributed by atoms with Gasteiger partial charge in [0.15, 0.2) is 0 Å². The summed E-state index contributed by atoms with van der Waals surface area (Å²) in [4.78, 5) is 4.86. The highest BCUT2D eigenvalue weighted by Gasteiger charge is 2.33. The molecule has 5 nitrogen and oxygen atoms in total. The lowest BCUT2D eigenvalue weighted by Gasteiger charge is -2.41.